The van der Waals surface area contributed by atoms with E-state index in [1.165, 1.54) is 17.8 Å². The largest absolute Gasteiger partial charge is 0.389 e. The fourth-order valence-corrected chi connectivity index (χ4v) is 3.22. The van der Waals surface area contributed by atoms with Crippen LogP contribution in [0.2, 0.25) is 0 Å². The van der Waals surface area contributed by atoms with Crippen molar-refractivity contribution < 1.29 is 4.74 Å². The van der Waals surface area contributed by atoms with E-state index in [9.17, 15) is 0 Å². The number of ether oxygens (including phenoxy) is 1. The smallest absolute Gasteiger partial charge is 0.110 e. The van der Waals surface area contributed by atoms with Crippen LogP contribution in [-0.2, 0) is 4.74 Å². The summed E-state index contributed by atoms with van der Waals surface area (Å²) in [6.07, 6.45) is 4.77. The Hall–Kier alpha value is -0.610. The van der Waals surface area contributed by atoms with Crippen molar-refractivity contribution in [2.75, 3.05) is 18.9 Å². The van der Waals surface area contributed by atoms with Gasteiger partial charge in [0.15, 0.2) is 0 Å². The maximum absolute atomic E-state index is 6.05. The van der Waals surface area contributed by atoms with Crippen molar-refractivity contribution in [3.63, 3.8) is 0 Å². The van der Waals surface area contributed by atoms with Crippen molar-refractivity contribution in [3.8, 4) is 0 Å². The van der Waals surface area contributed by atoms with Crippen molar-refractivity contribution >= 4 is 16.3 Å². The molecule has 0 bridgehead atoms. The average Bonchev–Trinajstić information content (AvgIpc) is 3.04. The fourth-order valence-electron chi connectivity index (χ4n) is 2.13. The minimum absolute atomic E-state index is 0.544. The van der Waals surface area contributed by atoms with E-state index in [1.807, 2.05) is 0 Å². The molecule has 0 unspecified atom stereocenters. The van der Waals surface area contributed by atoms with E-state index >= 15 is 0 Å². The highest BCUT2D eigenvalue weighted by molar-refractivity contribution is 7.15. The van der Waals surface area contributed by atoms with Crippen molar-refractivity contribution in [2.24, 2.45) is 0 Å². The molecule has 0 aromatic carbocycles. The summed E-state index contributed by atoms with van der Waals surface area (Å²) in [5.74, 6) is 1.27. The molecule has 0 amide bonds. The number of nitrogens with zero attached hydrogens (tertiary/aromatic N) is 1. The minimum atomic E-state index is 0.544. The Morgan fingerprint density at radius 1 is 1.13 bits per heavy atom. The van der Waals surface area contributed by atoms with Crippen LogP contribution < -0.4 is 5.73 Å². The van der Waals surface area contributed by atoms with Gasteiger partial charge in [0.1, 0.15) is 5.00 Å². The molecule has 0 spiro atoms. The first kappa shape index (κ1) is 9.60. The SMILES string of the molecule is Nc1sc(C2CC2)nc1C1CCOCC1. The highest BCUT2D eigenvalue weighted by Gasteiger charge is 2.30. The number of anilines is 1. The molecule has 0 atom stereocenters. The highest BCUT2D eigenvalue weighted by Crippen LogP contribution is 2.45. The third kappa shape index (κ3) is 1.88. The minimum Gasteiger partial charge on any atom is -0.389 e. The normalized spacial score (nSPS) is 23.2. The number of hydrogen-bond acceptors (Lipinski definition) is 4. The van der Waals surface area contributed by atoms with Gasteiger partial charge in [0.05, 0.1) is 10.7 Å². The van der Waals surface area contributed by atoms with E-state index in [4.69, 9.17) is 15.5 Å². The molecular weight excluding hydrogens is 208 g/mol. The lowest BCUT2D eigenvalue weighted by Crippen LogP contribution is -2.15. The average molecular weight is 224 g/mol. The molecule has 1 aliphatic carbocycles. The number of thiazole rings is 1. The Bertz CT molecular complexity index is 353. The Kier molecular flexibility index (Phi) is 2.41. The van der Waals surface area contributed by atoms with E-state index < -0.39 is 0 Å². The second-order valence-corrected chi connectivity index (χ2v) is 5.52. The Balaban J connectivity index is 1.82. The van der Waals surface area contributed by atoms with Crippen molar-refractivity contribution in [2.45, 2.75) is 37.5 Å². The summed E-state index contributed by atoms with van der Waals surface area (Å²) in [7, 11) is 0. The maximum Gasteiger partial charge on any atom is 0.110 e. The lowest BCUT2D eigenvalue weighted by atomic mass is 9.97. The molecule has 1 aromatic heterocycles. The molecule has 1 aliphatic heterocycles. The Morgan fingerprint density at radius 3 is 2.53 bits per heavy atom. The zero-order valence-corrected chi connectivity index (χ0v) is 9.55. The van der Waals surface area contributed by atoms with Crippen molar-refractivity contribution in [1.29, 1.82) is 0 Å². The van der Waals surface area contributed by atoms with Crippen LogP contribution in [0.5, 0.6) is 0 Å². The first-order valence-corrected chi connectivity index (χ1v) is 6.50. The fraction of sp³-hybridized carbons (Fsp3) is 0.727. The molecule has 3 nitrogen and oxygen atoms in total. The van der Waals surface area contributed by atoms with Gasteiger partial charge in [-0.15, -0.1) is 11.3 Å². The van der Waals surface area contributed by atoms with Crippen LogP contribution in [0.15, 0.2) is 0 Å². The van der Waals surface area contributed by atoms with Crippen LogP contribution in [0.1, 0.15) is 48.2 Å². The van der Waals surface area contributed by atoms with Gasteiger partial charge < -0.3 is 10.5 Å². The van der Waals surface area contributed by atoms with Crippen LogP contribution in [-0.4, -0.2) is 18.2 Å². The highest BCUT2D eigenvalue weighted by atomic mass is 32.1. The van der Waals surface area contributed by atoms with Crippen LogP contribution in [0.4, 0.5) is 5.00 Å². The van der Waals surface area contributed by atoms with Gasteiger partial charge >= 0.3 is 0 Å². The van der Waals surface area contributed by atoms with E-state index in [2.05, 4.69) is 0 Å². The number of rotatable bonds is 2. The lowest BCUT2D eigenvalue weighted by Gasteiger charge is -2.20. The quantitative estimate of drug-likeness (QED) is 0.839. The monoisotopic (exact) mass is 224 g/mol. The second kappa shape index (κ2) is 3.76. The molecular formula is C11H16N2OS. The maximum atomic E-state index is 6.05. The zero-order chi connectivity index (χ0) is 10.3. The molecule has 82 valence electrons. The lowest BCUT2D eigenvalue weighted by molar-refractivity contribution is 0.0847. The zero-order valence-electron chi connectivity index (χ0n) is 8.74. The molecule has 15 heavy (non-hydrogen) atoms. The van der Waals surface area contributed by atoms with Gasteiger partial charge in [-0.25, -0.2) is 4.98 Å². The van der Waals surface area contributed by atoms with Crippen molar-refractivity contribution in [3.05, 3.63) is 10.7 Å². The summed E-state index contributed by atoms with van der Waals surface area (Å²) in [6, 6.07) is 0. The predicted molar refractivity (Wildman–Crippen MR) is 61.3 cm³/mol. The van der Waals surface area contributed by atoms with Gasteiger partial charge in [-0.3, -0.25) is 0 Å². The first-order chi connectivity index (χ1) is 7.34. The molecule has 2 fully saturated rings. The molecule has 4 heteroatoms. The third-order valence-electron chi connectivity index (χ3n) is 3.23. The summed E-state index contributed by atoms with van der Waals surface area (Å²) < 4.78 is 5.36. The van der Waals surface area contributed by atoms with Crippen molar-refractivity contribution in [1.82, 2.24) is 4.98 Å². The van der Waals surface area contributed by atoms with Gasteiger partial charge in [0, 0.05) is 25.0 Å². The first-order valence-electron chi connectivity index (χ1n) is 5.68. The number of hydrogen-bond donors (Lipinski definition) is 1. The second-order valence-electron chi connectivity index (χ2n) is 4.46. The van der Waals surface area contributed by atoms with Gasteiger partial charge in [-0.05, 0) is 25.7 Å². The summed E-state index contributed by atoms with van der Waals surface area (Å²) in [6.45, 7) is 1.72. The van der Waals surface area contributed by atoms with Crippen LogP contribution >= 0.6 is 11.3 Å². The summed E-state index contributed by atoms with van der Waals surface area (Å²) >= 11 is 1.70. The van der Waals surface area contributed by atoms with Gasteiger partial charge in [0.25, 0.3) is 0 Å². The van der Waals surface area contributed by atoms with Gasteiger partial charge in [-0.1, -0.05) is 0 Å². The summed E-state index contributed by atoms with van der Waals surface area (Å²) in [5.41, 5.74) is 7.21. The molecule has 2 N–H and O–H groups in total. The number of aromatic nitrogens is 1. The standard InChI is InChI=1S/C11H16N2OS/c12-10-9(7-3-5-14-6-4-7)13-11(15-10)8-1-2-8/h7-8H,1-6,12H2. The predicted octanol–water partition coefficient (Wildman–Crippen LogP) is 2.50. The number of nitrogen functional groups attached to an aromatic ring is 1. The Morgan fingerprint density at radius 2 is 1.87 bits per heavy atom. The molecule has 1 saturated carbocycles. The van der Waals surface area contributed by atoms with E-state index in [0.717, 1.165) is 42.7 Å². The molecule has 3 rings (SSSR count). The van der Waals surface area contributed by atoms with E-state index in [0.29, 0.717) is 5.92 Å². The van der Waals surface area contributed by atoms with E-state index in [-0.39, 0.29) is 0 Å². The summed E-state index contributed by atoms with van der Waals surface area (Å²) in [4.78, 5) is 4.73. The van der Waals surface area contributed by atoms with Crippen LogP contribution in [0.3, 0.4) is 0 Å². The van der Waals surface area contributed by atoms with E-state index in [1.54, 1.807) is 11.3 Å². The van der Waals surface area contributed by atoms with Crippen LogP contribution in [0, 0.1) is 0 Å². The van der Waals surface area contributed by atoms with Gasteiger partial charge in [-0.2, -0.15) is 0 Å². The topological polar surface area (TPSA) is 48.1 Å². The molecule has 1 aromatic rings. The third-order valence-corrected chi connectivity index (χ3v) is 4.30. The van der Waals surface area contributed by atoms with Crippen LogP contribution in [0.25, 0.3) is 0 Å². The molecule has 2 heterocycles. The molecule has 2 aliphatic rings. The molecule has 0 radical (unpaired) electrons. The number of nitrogens with two attached hydrogens (primary N) is 1. The van der Waals surface area contributed by atoms with Gasteiger partial charge in [0.2, 0.25) is 0 Å². The Labute approximate surface area is 93.7 Å². The molecule has 1 saturated heterocycles. The summed E-state index contributed by atoms with van der Waals surface area (Å²) in [5, 5.41) is 2.22.